The molecule has 0 saturated carbocycles. The molecular formula is C16H22Cl2N6. The van der Waals surface area contributed by atoms with Gasteiger partial charge in [-0.1, -0.05) is 23.2 Å². The van der Waals surface area contributed by atoms with Crippen LogP contribution in [0, 0.1) is 0 Å². The van der Waals surface area contributed by atoms with E-state index in [1.807, 2.05) is 0 Å². The highest BCUT2D eigenvalue weighted by atomic mass is 35.5. The lowest BCUT2D eigenvalue weighted by Gasteiger charge is -2.24. The van der Waals surface area contributed by atoms with Gasteiger partial charge in [-0.3, -0.25) is 0 Å². The van der Waals surface area contributed by atoms with E-state index in [-0.39, 0.29) is 16.3 Å². The Morgan fingerprint density at radius 3 is 1.67 bits per heavy atom. The molecule has 0 spiro atoms. The molecule has 0 amide bonds. The first-order valence-corrected chi connectivity index (χ1v) is 9.27. The Bertz CT molecular complexity index is 584. The molecule has 0 atom stereocenters. The smallest absolute Gasteiger partial charge is 0.253 e. The Hall–Kier alpha value is -1.40. The minimum Gasteiger partial charge on any atom is -0.363 e. The van der Waals surface area contributed by atoms with E-state index >= 15 is 0 Å². The van der Waals surface area contributed by atoms with Gasteiger partial charge in [0.05, 0.1) is 12.7 Å². The van der Waals surface area contributed by atoms with E-state index in [0.29, 0.717) is 5.69 Å². The predicted molar refractivity (Wildman–Crippen MR) is 99.2 cm³/mol. The van der Waals surface area contributed by atoms with Crippen LogP contribution in [0.4, 0.5) is 11.6 Å². The van der Waals surface area contributed by atoms with Crippen molar-refractivity contribution in [3.05, 3.63) is 10.3 Å². The van der Waals surface area contributed by atoms with Gasteiger partial charge in [0.1, 0.15) is 5.69 Å². The lowest BCUT2D eigenvalue weighted by molar-refractivity contribution is 0.351. The van der Waals surface area contributed by atoms with Crippen molar-refractivity contribution >= 4 is 47.5 Å². The number of hydrogen-bond acceptors (Lipinski definition) is 4. The van der Waals surface area contributed by atoms with Crippen LogP contribution in [0.1, 0.15) is 38.5 Å². The molecule has 2 aliphatic heterocycles. The number of halogens is 2. The minimum atomic E-state index is 0.231. The lowest BCUT2D eigenvalue weighted by atomic mass is 10.1. The molecule has 2 fully saturated rings. The second kappa shape index (κ2) is 8.62. The molecule has 2 aliphatic rings. The highest BCUT2D eigenvalue weighted by Gasteiger charge is 2.12. The normalized spacial score (nSPS) is 19.6. The van der Waals surface area contributed by atoms with E-state index in [4.69, 9.17) is 23.2 Å². The minimum absolute atomic E-state index is 0.231. The quantitative estimate of drug-likeness (QED) is 0.456. The molecule has 3 rings (SSSR count). The highest BCUT2D eigenvalue weighted by Crippen LogP contribution is 2.31. The van der Waals surface area contributed by atoms with Crippen molar-refractivity contribution in [3.63, 3.8) is 0 Å². The first-order valence-electron chi connectivity index (χ1n) is 8.52. The molecule has 1 aromatic heterocycles. The summed E-state index contributed by atoms with van der Waals surface area (Å²) in [5, 5.41) is 0.461. The van der Waals surface area contributed by atoms with Gasteiger partial charge in [0.15, 0.2) is 10.3 Å². The number of likely N-dealkylation sites (tertiary alicyclic amines) is 2. The maximum atomic E-state index is 6.22. The lowest BCUT2D eigenvalue weighted by Crippen LogP contribution is -2.28. The van der Waals surface area contributed by atoms with Crippen LogP contribution in [0.25, 0.3) is 0 Å². The van der Waals surface area contributed by atoms with E-state index in [0.717, 1.165) is 26.2 Å². The Kier molecular flexibility index (Phi) is 6.26. The van der Waals surface area contributed by atoms with Crippen molar-refractivity contribution in [2.24, 2.45) is 9.98 Å². The van der Waals surface area contributed by atoms with Crippen LogP contribution < -0.4 is 0 Å². The average molecular weight is 369 g/mol. The van der Waals surface area contributed by atoms with Crippen LogP contribution in [-0.2, 0) is 0 Å². The largest absolute Gasteiger partial charge is 0.363 e. The molecule has 0 aliphatic carbocycles. The molecule has 0 aromatic carbocycles. The van der Waals surface area contributed by atoms with Gasteiger partial charge < -0.3 is 9.80 Å². The fraction of sp³-hybridized carbons (Fsp3) is 0.625. The predicted octanol–water partition coefficient (Wildman–Crippen LogP) is 4.07. The van der Waals surface area contributed by atoms with Gasteiger partial charge in [-0.25, -0.2) is 9.98 Å². The Balaban J connectivity index is 1.68. The fourth-order valence-electron chi connectivity index (χ4n) is 2.90. The van der Waals surface area contributed by atoms with Crippen LogP contribution >= 0.6 is 23.2 Å². The summed E-state index contributed by atoms with van der Waals surface area (Å²) in [5.74, 6) is 0.271. The standard InChI is InChI=1S/C16H22Cl2N6/c17-14-13(19-11-23-7-3-1-4-8-23)15(18)22-16(21-14)20-12-24-9-5-2-6-10-24/h11-12H,1-10H2/b19-11?,20-12+. The second-order valence-electron chi connectivity index (χ2n) is 6.14. The third-order valence-electron chi connectivity index (χ3n) is 4.26. The van der Waals surface area contributed by atoms with E-state index in [9.17, 15) is 0 Å². The zero-order valence-corrected chi connectivity index (χ0v) is 15.2. The molecule has 6 nitrogen and oxygen atoms in total. The summed E-state index contributed by atoms with van der Waals surface area (Å²) < 4.78 is 0. The number of aliphatic imine (C=N–C) groups is 2. The van der Waals surface area contributed by atoms with Gasteiger partial charge in [-0.15, -0.1) is 0 Å². The first-order chi connectivity index (χ1) is 11.7. The van der Waals surface area contributed by atoms with Crippen LogP contribution in [0.3, 0.4) is 0 Å². The monoisotopic (exact) mass is 368 g/mol. The summed E-state index contributed by atoms with van der Waals surface area (Å²) in [5.41, 5.74) is 0.404. The maximum Gasteiger partial charge on any atom is 0.253 e. The number of piperidine rings is 2. The molecule has 1 aromatic rings. The topological polar surface area (TPSA) is 57.0 Å². The molecular weight excluding hydrogens is 347 g/mol. The molecule has 0 bridgehead atoms. The van der Waals surface area contributed by atoms with E-state index < -0.39 is 0 Å². The molecule has 130 valence electrons. The third kappa shape index (κ3) is 4.80. The summed E-state index contributed by atoms with van der Waals surface area (Å²) in [6.45, 7) is 4.06. The molecule has 24 heavy (non-hydrogen) atoms. The van der Waals surface area contributed by atoms with Crippen LogP contribution in [-0.4, -0.2) is 58.6 Å². The summed E-state index contributed by atoms with van der Waals surface area (Å²) in [6, 6.07) is 0. The van der Waals surface area contributed by atoms with Crippen LogP contribution in [0.15, 0.2) is 9.98 Å². The highest BCUT2D eigenvalue weighted by molar-refractivity contribution is 6.37. The number of hydrogen-bond donors (Lipinski definition) is 0. The number of rotatable bonds is 4. The van der Waals surface area contributed by atoms with Crippen molar-refractivity contribution in [2.45, 2.75) is 38.5 Å². The summed E-state index contributed by atoms with van der Waals surface area (Å²) in [6.07, 6.45) is 10.9. The molecule has 0 radical (unpaired) electrons. The van der Waals surface area contributed by atoms with Crippen molar-refractivity contribution in [2.75, 3.05) is 26.2 Å². The van der Waals surface area contributed by atoms with E-state index in [1.54, 1.807) is 12.7 Å². The number of nitrogens with zero attached hydrogens (tertiary/aromatic N) is 6. The maximum absolute atomic E-state index is 6.22. The van der Waals surface area contributed by atoms with E-state index in [1.165, 1.54) is 38.5 Å². The summed E-state index contributed by atoms with van der Waals surface area (Å²) in [7, 11) is 0. The first kappa shape index (κ1) is 17.4. The van der Waals surface area contributed by atoms with Gasteiger partial charge in [0.2, 0.25) is 0 Å². The van der Waals surface area contributed by atoms with Crippen molar-refractivity contribution < 1.29 is 0 Å². The van der Waals surface area contributed by atoms with Crippen LogP contribution in [0.2, 0.25) is 10.3 Å². The zero-order valence-electron chi connectivity index (χ0n) is 13.7. The summed E-state index contributed by atoms with van der Waals surface area (Å²) >= 11 is 12.4. The van der Waals surface area contributed by atoms with Gasteiger partial charge >= 0.3 is 0 Å². The van der Waals surface area contributed by atoms with Gasteiger partial charge in [-0.05, 0) is 38.5 Å². The molecule has 8 heteroatoms. The number of aromatic nitrogens is 2. The molecule has 2 saturated heterocycles. The Morgan fingerprint density at radius 2 is 1.17 bits per heavy atom. The van der Waals surface area contributed by atoms with Gasteiger partial charge in [-0.2, -0.15) is 9.97 Å². The van der Waals surface area contributed by atoms with Crippen molar-refractivity contribution in [3.8, 4) is 0 Å². The molecule has 3 heterocycles. The zero-order chi connectivity index (χ0) is 16.8. The molecule has 0 unspecified atom stereocenters. The second-order valence-corrected chi connectivity index (χ2v) is 6.85. The fourth-order valence-corrected chi connectivity index (χ4v) is 3.37. The Morgan fingerprint density at radius 1 is 0.708 bits per heavy atom. The summed E-state index contributed by atoms with van der Waals surface area (Å²) in [4.78, 5) is 21.4. The van der Waals surface area contributed by atoms with E-state index in [2.05, 4.69) is 29.8 Å². The average Bonchev–Trinajstić information content (AvgIpc) is 2.61. The van der Waals surface area contributed by atoms with Gasteiger partial charge in [0.25, 0.3) is 5.95 Å². The van der Waals surface area contributed by atoms with Crippen molar-refractivity contribution in [1.29, 1.82) is 0 Å². The Labute approximate surface area is 152 Å². The molecule has 0 N–H and O–H groups in total. The third-order valence-corrected chi connectivity index (χ3v) is 4.78. The van der Waals surface area contributed by atoms with Crippen molar-refractivity contribution in [1.82, 2.24) is 19.8 Å². The van der Waals surface area contributed by atoms with Crippen LogP contribution in [0.5, 0.6) is 0 Å². The van der Waals surface area contributed by atoms with Gasteiger partial charge in [0, 0.05) is 26.2 Å². The SMILES string of the molecule is Clc1nc(/N=C/N2CCCCC2)nc(Cl)c1N=CN1CCCCC1.